The number of carbonyl (C=O) groups excluding carboxylic acids is 2. The molecule has 0 saturated heterocycles. The van der Waals surface area contributed by atoms with Gasteiger partial charge < -0.3 is 20.1 Å². The first-order valence-corrected chi connectivity index (χ1v) is 11.5. The third-order valence-corrected chi connectivity index (χ3v) is 6.84. The predicted octanol–water partition coefficient (Wildman–Crippen LogP) is 4.02. The van der Waals surface area contributed by atoms with E-state index in [1.807, 2.05) is 43.3 Å². The van der Waals surface area contributed by atoms with Gasteiger partial charge in [-0.3, -0.25) is 9.59 Å². The van der Waals surface area contributed by atoms with Crippen LogP contribution in [-0.2, 0) is 14.3 Å². The molecule has 2 aliphatic rings. The van der Waals surface area contributed by atoms with Crippen molar-refractivity contribution in [2.75, 3.05) is 13.7 Å². The Hall–Kier alpha value is -3.35. The highest BCUT2D eigenvalue weighted by atomic mass is 16.5. The van der Waals surface area contributed by atoms with Gasteiger partial charge in [0.2, 0.25) is 5.91 Å². The summed E-state index contributed by atoms with van der Waals surface area (Å²) in [6.45, 7) is 2.12. The molecule has 33 heavy (non-hydrogen) atoms. The standard InChI is InChI=1S/C26H30N2O5/c1-16(17-11-12-17)28(2)25(31)23(13-14-24(29)30)27-26(32)33-15-22-20-9-5-3-7-18(20)19-8-4-6-10-21(19)22/h3-10,16-17,22-23H,11-15H2,1-2H3,(H,27,32)(H,29,30). The fourth-order valence-electron chi connectivity index (χ4n) is 4.65. The fraction of sp³-hybridized carbons (Fsp3) is 0.423. The van der Waals surface area contributed by atoms with Gasteiger partial charge in [-0.2, -0.15) is 0 Å². The number of hydrogen-bond acceptors (Lipinski definition) is 4. The normalized spacial score (nSPS) is 16.3. The minimum atomic E-state index is -1.01. The number of fused-ring (bicyclic) bond motifs is 3. The summed E-state index contributed by atoms with van der Waals surface area (Å²) in [6, 6.07) is 15.2. The van der Waals surface area contributed by atoms with Crippen molar-refractivity contribution in [3.63, 3.8) is 0 Å². The molecular formula is C26H30N2O5. The van der Waals surface area contributed by atoms with Gasteiger partial charge in [-0.25, -0.2) is 4.79 Å². The van der Waals surface area contributed by atoms with Gasteiger partial charge in [0.05, 0.1) is 0 Å². The second-order valence-electron chi connectivity index (χ2n) is 8.98. The Morgan fingerprint density at radius 3 is 2.18 bits per heavy atom. The van der Waals surface area contributed by atoms with E-state index in [0.29, 0.717) is 5.92 Å². The number of ether oxygens (including phenoxy) is 1. The summed E-state index contributed by atoms with van der Waals surface area (Å²) >= 11 is 0. The summed E-state index contributed by atoms with van der Waals surface area (Å²) in [4.78, 5) is 38.4. The van der Waals surface area contributed by atoms with Crippen LogP contribution >= 0.6 is 0 Å². The number of carboxylic acids is 1. The van der Waals surface area contributed by atoms with Crippen LogP contribution in [0.5, 0.6) is 0 Å². The van der Waals surface area contributed by atoms with Crippen LogP contribution in [0.15, 0.2) is 48.5 Å². The number of nitrogens with one attached hydrogen (secondary N) is 1. The van der Waals surface area contributed by atoms with Crippen molar-refractivity contribution in [2.45, 2.75) is 50.6 Å². The first-order valence-electron chi connectivity index (χ1n) is 11.5. The van der Waals surface area contributed by atoms with Crippen molar-refractivity contribution in [1.82, 2.24) is 10.2 Å². The third-order valence-electron chi connectivity index (χ3n) is 6.84. The zero-order chi connectivity index (χ0) is 23.5. The maximum Gasteiger partial charge on any atom is 0.407 e. The van der Waals surface area contributed by atoms with E-state index in [4.69, 9.17) is 9.84 Å². The molecule has 2 N–H and O–H groups in total. The highest BCUT2D eigenvalue weighted by Crippen LogP contribution is 2.44. The van der Waals surface area contributed by atoms with Gasteiger partial charge >= 0.3 is 12.1 Å². The fourth-order valence-corrected chi connectivity index (χ4v) is 4.65. The van der Waals surface area contributed by atoms with Crippen LogP contribution in [0.3, 0.4) is 0 Å². The van der Waals surface area contributed by atoms with Crippen LogP contribution in [0.25, 0.3) is 11.1 Å². The molecule has 0 aromatic heterocycles. The van der Waals surface area contributed by atoms with Crippen LogP contribution in [0.2, 0.25) is 0 Å². The molecule has 0 spiro atoms. The molecule has 2 amide bonds. The molecule has 2 unspecified atom stereocenters. The van der Waals surface area contributed by atoms with Crippen LogP contribution < -0.4 is 5.32 Å². The topological polar surface area (TPSA) is 95.9 Å². The maximum atomic E-state index is 13.0. The van der Waals surface area contributed by atoms with E-state index in [-0.39, 0.29) is 37.3 Å². The molecule has 2 atom stereocenters. The van der Waals surface area contributed by atoms with Crippen molar-refractivity contribution < 1.29 is 24.2 Å². The van der Waals surface area contributed by atoms with Crippen molar-refractivity contribution in [3.8, 4) is 11.1 Å². The first kappa shape index (κ1) is 22.8. The summed E-state index contributed by atoms with van der Waals surface area (Å²) < 4.78 is 5.56. The lowest BCUT2D eigenvalue weighted by atomic mass is 9.98. The number of alkyl carbamates (subject to hydrolysis) is 1. The molecule has 1 saturated carbocycles. The summed E-state index contributed by atoms with van der Waals surface area (Å²) in [7, 11) is 1.71. The van der Waals surface area contributed by atoms with Gasteiger partial charge in [-0.15, -0.1) is 0 Å². The zero-order valence-corrected chi connectivity index (χ0v) is 19.0. The molecule has 4 rings (SSSR count). The van der Waals surface area contributed by atoms with Crippen molar-refractivity contribution in [2.24, 2.45) is 5.92 Å². The van der Waals surface area contributed by atoms with Crippen molar-refractivity contribution in [1.29, 1.82) is 0 Å². The van der Waals surface area contributed by atoms with Crippen molar-refractivity contribution >= 4 is 18.0 Å². The Morgan fingerprint density at radius 1 is 1.06 bits per heavy atom. The average molecular weight is 451 g/mol. The number of benzene rings is 2. The highest BCUT2D eigenvalue weighted by Gasteiger charge is 2.36. The molecule has 174 valence electrons. The average Bonchev–Trinajstić information content (AvgIpc) is 3.62. The lowest BCUT2D eigenvalue weighted by Gasteiger charge is -2.29. The van der Waals surface area contributed by atoms with Gasteiger partial charge in [0.15, 0.2) is 0 Å². The summed E-state index contributed by atoms with van der Waals surface area (Å²) in [5, 5.41) is 11.7. The largest absolute Gasteiger partial charge is 0.481 e. The van der Waals surface area contributed by atoms with Gasteiger partial charge in [0.25, 0.3) is 0 Å². The van der Waals surface area contributed by atoms with E-state index >= 15 is 0 Å². The van der Waals surface area contributed by atoms with E-state index in [1.165, 1.54) is 0 Å². The number of amides is 2. The molecule has 0 aliphatic heterocycles. The number of aliphatic carboxylic acids is 1. The summed E-state index contributed by atoms with van der Waals surface area (Å²) in [6.07, 6.45) is 1.25. The predicted molar refractivity (Wildman–Crippen MR) is 124 cm³/mol. The first-order chi connectivity index (χ1) is 15.9. The summed E-state index contributed by atoms with van der Waals surface area (Å²) in [5.74, 6) is -0.924. The van der Waals surface area contributed by atoms with Crippen LogP contribution in [0.4, 0.5) is 4.79 Å². The van der Waals surface area contributed by atoms with Crippen LogP contribution in [-0.4, -0.2) is 53.7 Å². The molecule has 7 nitrogen and oxygen atoms in total. The Labute approximate surface area is 193 Å². The van der Waals surface area contributed by atoms with Gasteiger partial charge in [-0.1, -0.05) is 48.5 Å². The van der Waals surface area contributed by atoms with Gasteiger partial charge in [0.1, 0.15) is 12.6 Å². The Bertz CT molecular complexity index is 1000. The number of nitrogens with zero attached hydrogens (tertiary/aromatic N) is 1. The zero-order valence-electron chi connectivity index (χ0n) is 19.0. The number of carbonyl (C=O) groups is 3. The highest BCUT2D eigenvalue weighted by molar-refractivity contribution is 5.86. The molecule has 2 aliphatic carbocycles. The second kappa shape index (κ2) is 9.65. The molecule has 1 fully saturated rings. The number of likely N-dealkylation sites (N-methyl/N-ethyl adjacent to an activating group) is 1. The lowest BCUT2D eigenvalue weighted by molar-refractivity contribution is -0.138. The quantitative estimate of drug-likeness (QED) is 0.602. The van der Waals surface area contributed by atoms with Crippen LogP contribution in [0, 0.1) is 5.92 Å². The molecule has 0 heterocycles. The Morgan fingerprint density at radius 2 is 1.64 bits per heavy atom. The minimum absolute atomic E-state index is 0.0140. The number of carboxylic acid groups (broad SMARTS) is 1. The smallest absolute Gasteiger partial charge is 0.407 e. The molecule has 0 bridgehead atoms. The monoisotopic (exact) mass is 450 g/mol. The van der Waals surface area contributed by atoms with Gasteiger partial charge in [-0.05, 0) is 54.4 Å². The van der Waals surface area contributed by atoms with Crippen LogP contribution in [0.1, 0.15) is 49.7 Å². The van der Waals surface area contributed by atoms with E-state index < -0.39 is 18.1 Å². The molecule has 2 aromatic rings. The summed E-state index contributed by atoms with van der Waals surface area (Å²) in [5.41, 5.74) is 4.46. The minimum Gasteiger partial charge on any atom is -0.481 e. The van der Waals surface area contributed by atoms with E-state index in [9.17, 15) is 14.4 Å². The molecule has 7 heteroatoms. The van der Waals surface area contributed by atoms with E-state index in [0.717, 1.165) is 35.1 Å². The maximum absolute atomic E-state index is 13.0. The van der Waals surface area contributed by atoms with Crippen molar-refractivity contribution in [3.05, 3.63) is 59.7 Å². The molecular weight excluding hydrogens is 420 g/mol. The van der Waals surface area contributed by atoms with E-state index in [1.54, 1.807) is 11.9 Å². The number of rotatable bonds is 9. The number of hydrogen-bond donors (Lipinski definition) is 2. The lowest BCUT2D eigenvalue weighted by Crippen LogP contribution is -2.50. The molecule has 2 aromatic carbocycles. The SMILES string of the molecule is CC(C1CC1)N(C)C(=O)C(CCC(=O)O)NC(=O)OCC1c2ccccc2-c2ccccc21. The Balaban J connectivity index is 1.42. The second-order valence-corrected chi connectivity index (χ2v) is 8.98. The Kier molecular flexibility index (Phi) is 6.67. The van der Waals surface area contributed by atoms with E-state index in [2.05, 4.69) is 17.4 Å². The molecule has 0 radical (unpaired) electrons. The third kappa shape index (κ3) is 5.02. The van der Waals surface area contributed by atoms with Gasteiger partial charge in [0, 0.05) is 25.4 Å².